The maximum absolute atomic E-state index is 10.8. The van der Waals surface area contributed by atoms with E-state index < -0.39 is 0 Å². The molecule has 0 aliphatic carbocycles. The van der Waals surface area contributed by atoms with E-state index in [9.17, 15) is 4.79 Å². The second kappa shape index (κ2) is 6.13. The molecule has 114 valence electrons. The highest BCUT2D eigenvalue weighted by Crippen LogP contribution is 2.30. The predicted molar refractivity (Wildman–Crippen MR) is 100 cm³/mol. The molecule has 0 heterocycles. The lowest BCUT2D eigenvalue weighted by Crippen LogP contribution is -1.84. The fourth-order valence-electron chi connectivity index (χ4n) is 3.07. The first kappa shape index (κ1) is 14.4. The van der Waals surface area contributed by atoms with Crippen LogP contribution in [0.4, 0.5) is 0 Å². The average Bonchev–Trinajstić information content (AvgIpc) is 2.68. The Hall–Kier alpha value is -3.19. The third-order valence-electron chi connectivity index (χ3n) is 4.37. The van der Waals surface area contributed by atoms with Gasteiger partial charge in [-0.3, -0.25) is 4.79 Å². The molecule has 0 atom stereocenters. The molecule has 0 N–H and O–H groups in total. The Morgan fingerprint density at radius 3 is 1.83 bits per heavy atom. The lowest BCUT2D eigenvalue weighted by molar-refractivity contribution is 0.112. The molecule has 0 amide bonds. The van der Waals surface area contributed by atoms with Crippen LogP contribution in [0, 0.1) is 0 Å². The Kier molecular flexibility index (Phi) is 3.68. The normalized spacial score (nSPS) is 10.7. The molecule has 24 heavy (non-hydrogen) atoms. The van der Waals surface area contributed by atoms with Gasteiger partial charge in [-0.15, -0.1) is 0 Å². The quantitative estimate of drug-likeness (QED) is 0.425. The Morgan fingerprint density at radius 2 is 1.12 bits per heavy atom. The average molecular weight is 308 g/mol. The van der Waals surface area contributed by atoms with Crippen LogP contribution in [0.25, 0.3) is 33.0 Å². The van der Waals surface area contributed by atoms with Crippen LogP contribution >= 0.6 is 0 Å². The van der Waals surface area contributed by atoms with E-state index >= 15 is 0 Å². The fraction of sp³-hybridized carbons (Fsp3) is 0. The van der Waals surface area contributed by atoms with Gasteiger partial charge >= 0.3 is 0 Å². The molecule has 4 aromatic rings. The van der Waals surface area contributed by atoms with Crippen LogP contribution in [0.3, 0.4) is 0 Å². The summed E-state index contributed by atoms with van der Waals surface area (Å²) < 4.78 is 0. The van der Waals surface area contributed by atoms with Crippen LogP contribution in [-0.2, 0) is 0 Å². The molecule has 4 rings (SSSR count). The van der Waals surface area contributed by atoms with Crippen molar-refractivity contribution in [3.8, 4) is 22.3 Å². The topological polar surface area (TPSA) is 17.1 Å². The van der Waals surface area contributed by atoms with E-state index in [1.54, 1.807) is 0 Å². The summed E-state index contributed by atoms with van der Waals surface area (Å²) in [4.78, 5) is 10.8. The minimum atomic E-state index is 0.700. The molecular weight excluding hydrogens is 292 g/mol. The third-order valence-corrected chi connectivity index (χ3v) is 4.37. The lowest BCUT2D eigenvalue weighted by atomic mass is 9.96. The molecule has 1 nitrogen and oxygen atoms in total. The van der Waals surface area contributed by atoms with Gasteiger partial charge in [0.15, 0.2) is 0 Å². The summed E-state index contributed by atoms with van der Waals surface area (Å²) in [5.41, 5.74) is 5.42. The molecule has 0 aliphatic heterocycles. The van der Waals surface area contributed by atoms with Crippen LogP contribution in [0.1, 0.15) is 10.4 Å². The summed E-state index contributed by atoms with van der Waals surface area (Å²) in [6, 6.07) is 31.1. The largest absolute Gasteiger partial charge is 0.298 e. The van der Waals surface area contributed by atoms with Crippen LogP contribution < -0.4 is 0 Å². The summed E-state index contributed by atoms with van der Waals surface area (Å²) in [6.45, 7) is 0. The number of aldehydes is 1. The predicted octanol–water partition coefficient (Wildman–Crippen LogP) is 5.99. The van der Waals surface area contributed by atoms with Gasteiger partial charge in [-0.1, -0.05) is 91.0 Å². The molecule has 1 heteroatoms. The zero-order valence-electron chi connectivity index (χ0n) is 13.1. The van der Waals surface area contributed by atoms with Crippen molar-refractivity contribution in [2.45, 2.75) is 0 Å². The first-order valence-corrected chi connectivity index (χ1v) is 7.99. The van der Waals surface area contributed by atoms with E-state index in [1.807, 2.05) is 24.3 Å². The maximum Gasteiger partial charge on any atom is 0.150 e. The zero-order valence-corrected chi connectivity index (χ0v) is 13.1. The molecule has 0 radical (unpaired) electrons. The first-order chi connectivity index (χ1) is 11.8. The number of benzene rings is 4. The Bertz CT molecular complexity index is 991. The van der Waals surface area contributed by atoms with Gasteiger partial charge in [0.05, 0.1) is 0 Å². The van der Waals surface area contributed by atoms with Crippen LogP contribution in [0.15, 0.2) is 91.0 Å². The molecule has 0 saturated heterocycles. The van der Waals surface area contributed by atoms with Gasteiger partial charge in [-0.05, 0) is 33.0 Å². The molecule has 0 aliphatic rings. The summed E-state index contributed by atoms with van der Waals surface area (Å²) in [6.07, 6.45) is 0.868. The molecule has 0 saturated carbocycles. The van der Waals surface area contributed by atoms with Gasteiger partial charge in [-0.2, -0.15) is 0 Å². The standard InChI is InChI=1S/C23H16O/c24-16-17-8-10-18(11-9-17)19-12-14-21(15-13-19)23-7-3-5-20-4-1-2-6-22(20)23/h1-16H. The number of hydrogen-bond donors (Lipinski definition) is 0. The summed E-state index contributed by atoms with van der Waals surface area (Å²) >= 11 is 0. The number of hydrogen-bond acceptors (Lipinski definition) is 1. The number of fused-ring (bicyclic) bond motifs is 1. The second-order valence-corrected chi connectivity index (χ2v) is 5.84. The van der Waals surface area contributed by atoms with Crippen molar-refractivity contribution >= 4 is 17.1 Å². The molecular formula is C23H16O. The van der Waals surface area contributed by atoms with Crippen LogP contribution in [0.2, 0.25) is 0 Å². The number of carbonyl (C=O) groups is 1. The molecule has 0 aromatic heterocycles. The van der Waals surface area contributed by atoms with E-state index in [1.165, 1.54) is 21.9 Å². The zero-order chi connectivity index (χ0) is 16.4. The Balaban J connectivity index is 1.74. The monoisotopic (exact) mass is 308 g/mol. The van der Waals surface area contributed by atoms with Gasteiger partial charge in [0.2, 0.25) is 0 Å². The highest BCUT2D eigenvalue weighted by atomic mass is 16.1. The fourth-order valence-corrected chi connectivity index (χ4v) is 3.07. The molecule has 0 fully saturated rings. The SMILES string of the molecule is O=Cc1ccc(-c2ccc(-c3cccc4ccccc34)cc2)cc1. The van der Waals surface area contributed by atoms with E-state index in [2.05, 4.69) is 66.7 Å². The maximum atomic E-state index is 10.8. The smallest absolute Gasteiger partial charge is 0.150 e. The third kappa shape index (κ3) is 2.61. The molecule has 0 spiro atoms. The minimum absolute atomic E-state index is 0.700. The number of carbonyl (C=O) groups excluding carboxylic acids is 1. The lowest BCUT2D eigenvalue weighted by Gasteiger charge is -2.08. The van der Waals surface area contributed by atoms with Gasteiger partial charge < -0.3 is 0 Å². The number of rotatable bonds is 3. The van der Waals surface area contributed by atoms with Crippen LogP contribution in [0.5, 0.6) is 0 Å². The molecule has 0 bridgehead atoms. The highest BCUT2D eigenvalue weighted by molar-refractivity contribution is 5.96. The Labute approximate surface area is 141 Å². The highest BCUT2D eigenvalue weighted by Gasteiger charge is 2.04. The van der Waals surface area contributed by atoms with Crippen molar-refractivity contribution in [2.75, 3.05) is 0 Å². The van der Waals surface area contributed by atoms with Gasteiger partial charge in [-0.25, -0.2) is 0 Å². The molecule has 0 unspecified atom stereocenters. The van der Waals surface area contributed by atoms with E-state index in [0.29, 0.717) is 5.56 Å². The van der Waals surface area contributed by atoms with E-state index in [4.69, 9.17) is 0 Å². The van der Waals surface area contributed by atoms with Crippen LogP contribution in [-0.4, -0.2) is 6.29 Å². The minimum Gasteiger partial charge on any atom is -0.298 e. The van der Waals surface area contributed by atoms with E-state index in [0.717, 1.165) is 17.4 Å². The Morgan fingerprint density at radius 1 is 0.542 bits per heavy atom. The van der Waals surface area contributed by atoms with Crippen molar-refractivity contribution in [1.29, 1.82) is 0 Å². The summed E-state index contributed by atoms with van der Waals surface area (Å²) in [7, 11) is 0. The second-order valence-electron chi connectivity index (χ2n) is 5.84. The van der Waals surface area contributed by atoms with Crippen molar-refractivity contribution in [3.63, 3.8) is 0 Å². The van der Waals surface area contributed by atoms with Crippen molar-refractivity contribution in [3.05, 3.63) is 96.6 Å². The van der Waals surface area contributed by atoms with Gasteiger partial charge in [0.1, 0.15) is 6.29 Å². The summed E-state index contributed by atoms with van der Waals surface area (Å²) in [5, 5.41) is 2.52. The van der Waals surface area contributed by atoms with E-state index in [-0.39, 0.29) is 0 Å². The summed E-state index contributed by atoms with van der Waals surface area (Å²) in [5.74, 6) is 0. The first-order valence-electron chi connectivity index (χ1n) is 7.99. The van der Waals surface area contributed by atoms with Crippen molar-refractivity contribution in [1.82, 2.24) is 0 Å². The van der Waals surface area contributed by atoms with Gasteiger partial charge in [0, 0.05) is 5.56 Å². The van der Waals surface area contributed by atoms with Crippen molar-refractivity contribution < 1.29 is 4.79 Å². The molecule has 4 aromatic carbocycles. The van der Waals surface area contributed by atoms with Gasteiger partial charge in [0.25, 0.3) is 0 Å². The van der Waals surface area contributed by atoms with Crippen molar-refractivity contribution in [2.24, 2.45) is 0 Å².